The van der Waals surface area contributed by atoms with Crippen molar-refractivity contribution in [1.29, 1.82) is 0 Å². The highest BCUT2D eigenvalue weighted by molar-refractivity contribution is 5.94. The highest BCUT2D eigenvalue weighted by Crippen LogP contribution is 2.10. The molecule has 212 valence electrons. The second-order valence-electron chi connectivity index (χ2n) is 9.42. The van der Waals surface area contributed by atoms with E-state index in [-0.39, 0.29) is 25.2 Å². The van der Waals surface area contributed by atoms with Crippen LogP contribution in [0.5, 0.6) is 0 Å². The normalized spacial score (nSPS) is 14.8. The standard InChI is InChI=1S/C26H42N6O6/c1-3-16(2)22(26(37)38)32-24(35)19(12-13-21(29)33)30-25(36)20(15-17-9-5-4-6-10-17)31-23(34)18(28)11-7-8-14-27/h4-6,9-10,16,18-20,22H,3,7-8,11-15,27-28H2,1-2H3,(H2,29,33)(H,30,36)(H,31,34)(H,32,35)(H,37,38). The molecule has 0 saturated carbocycles. The monoisotopic (exact) mass is 534 g/mol. The lowest BCUT2D eigenvalue weighted by Crippen LogP contribution is -2.58. The SMILES string of the molecule is CCC(C)C(NC(=O)C(CCC(N)=O)NC(=O)C(Cc1ccccc1)NC(=O)C(N)CCCCN)C(=O)O. The van der Waals surface area contributed by atoms with Gasteiger partial charge in [0.2, 0.25) is 23.6 Å². The van der Waals surface area contributed by atoms with Gasteiger partial charge in [0.25, 0.3) is 0 Å². The molecule has 38 heavy (non-hydrogen) atoms. The lowest BCUT2D eigenvalue weighted by molar-refractivity contribution is -0.144. The lowest BCUT2D eigenvalue weighted by atomic mass is 9.98. The first-order chi connectivity index (χ1) is 18.0. The van der Waals surface area contributed by atoms with Crippen molar-refractivity contribution in [3.8, 4) is 0 Å². The van der Waals surface area contributed by atoms with Crippen LogP contribution in [0.4, 0.5) is 0 Å². The number of carboxylic acid groups (broad SMARTS) is 1. The molecule has 0 radical (unpaired) electrons. The Balaban J connectivity index is 3.11. The molecular formula is C26H42N6O6. The van der Waals surface area contributed by atoms with Crippen molar-refractivity contribution in [2.75, 3.05) is 6.54 Å². The van der Waals surface area contributed by atoms with Gasteiger partial charge in [-0.2, -0.15) is 0 Å². The van der Waals surface area contributed by atoms with E-state index in [1.165, 1.54) is 0 Å². The summed E-state index contributed by atoms with van der Waals surface area (Å²) in [7, 11) is 0. The van der Waals surface area contributed by atoms with E-state index in [0.717, 1.165) is 5.56 Å². The minimum Gasteiger partial charge on any atom is -0.480 e. The van der Waals surface area contributed by atoms with Crippen molar-refractivity contribution >= 4 is 29.6 Å². The summed E-state index contributed by atoms with van der Waals surface area (Å²) >= 11 is 0. The maximum atomic E-state index is 13.3. The van der Waals surface area contributed by atoms with Gasteiger partial charge in [0.1, 0.15) is 18.1 Å². The van der Waals surface area contributed by atoms with Crippen LogP contribution in [-0.4, -0.2) is 65.4 Å². The number of carbonyl (C=O) groups excluding carboxylic acids is 4. The van der Waals surface area contributed by atoms with Crippen LogP contribution in [0.15, 0.2) is 30.3 Å². The van der Waals surface area contributed by atoms with Crippen LogP contribution in [0.25, 0.3) is 0 Å². The Bertz CT molecular complexity index is 928. The maximum absolute atomic E-state index is 13.3. The molecule has 0 aliphatic heterocycles. The summed E-state index contributed by atoms with van der Waals surface area (Å²) in [5.41, 5.74) is 17.5. The van der Waals surface area contributed by atoms with Crippen LogP contribution in [-0.2, 0) is 30.4 Å². The zero-order valence-electron chi connectivity index (χ0n) is 22.2. The van der Waals surface area contributed by atoms with Crippen LogP contribution in [0.1, 0.15) is 57.9 Å². The quantitative estimate of drug-likeness (QED) is 0.122. The number of nitrogens with one attached hydrogen (secondary N) is 3. The Morgan fingerprint density at radius 2 is 1.50 bits per heavy atom. The van der Waals surface area contributed by atoms with Crippen molar-refractivity contribution in [1.82, 2.24) is 16.0 Å². The fourth-order valence-electron chi connectivity index (χ4n) is 3.74. The average molecular weight is 535 g/mol. The van der Waals surface area contributed by atoms with E-state index >= 15 is 0 Å². The lowest BCUT2D eigenvalue weighted by Gasteiger charge is -2.26. The zero-order chi connectivity index (χ0) is 28.7. The first-order valence-electron chi connectivity index (χ1n) is 12.9. The molecule has 0 aliphatic rings. The molecule has 0 heterocycles. The topological polar surface area (TPSA) is 220 Å². The molecule has 1 aromatic carbocycles. The summed E-state index contributed by atoms with van der Waals surface area (Å²) in [4.78, 5) is 62.2. The number of unbranched alkanes of at least 4 members (excludes halogenated alkanes) is 1. The fraction of sp³-hybridized carbons (Fsp3) is 0.577. The summed E-state index contributed by atoms with van der Waals surface area (Å²) in [6.45, 7) is 3.94. The zero-order valence-corrected chi connectivity index (χ0v) is 22.2. The van der Waals surface area contributed by atoms with Gasteiger partial charge in [-0.15, -0.1) is 0 Å². The molecule has 5 atom stereocenters. The number of carbonyl (C=O) groups is 5. The summed E-state index contributed by atoms with van der Waals surface area (Å²) in [5, 5.41) is 17.2. The smallest absolute Gasteiger partial charge is 0.326 e. The van der Waals surface area contributed by atoms with E-state index in [9.17, 15) is 29.1 Å². The first-order valence-corrected chi connectivity index (χ1v) is 12.9. The van der Waals surface area contributed by atoms with E-state index < -0.39 is 53.8 Å². The van der Waals surface area contributed by atoms with Crippen LogP contribution in [0, 0.1) is 5.92 Å². The number of benzene rings is 1. The minimum atomic E-state index is -1.26. The van der Waals surface area contributed by atoms with Crippen molar-refractivity contribution in [2.45, 2.75) is 83.0 Å². The van der Waals surface area contributed by atoms with Crippen molar-refractivity contribution in [3.05, 3.63) is 35.9 Å². The third-order valence-corrected chi connectivity index (χ3v) is 6.31. The van der Waals surface area contributed by atoms with E-state index in [1.54, 1.807) is 38.1 Å². The molecule has 10 N–H and O–H groups in total. The van der Waals surface area contributed by atoms with Crippen LogP contribution < -0.4 is 33.2 Å². The summed E-state index contributed by atoms with van der Waals surface area (Å²) in [6.07, 6.45) is 1.98. The number of aliphatic carboxylic acids is 1. The highest BCUT2D eigenvalue weighted by Gasteiger charge is 2.32. The van der Waals surface area contributed by atoms with Gasteiger partial charge in [0, 0.05) is 12.8 Å². The Labute approximate surface area is 223 Å². The van der Waals surface area contributed by atoms with E-state index in [1.807, 2.05) is 6.07 Å². The summed E-state index contributed by atoms with van der Waals surface area (Å²) < 4.78 is 0. The Kier molecular flexibility index (Phi) is 14.6. The molecule has 0 bridgehead atoms. The van der Waals surface area contributed by atoms with Crippen molar-refractivity contribution in [2.24, 2.45) is 23.1 Å². The summed E-state index contributed by atoms with van der Waals surface area (Å²) in [6, 6.07) is 4.57. The van der Waals surface area contributed by atoms with Gasteiger partial charge in [0.05, 0.1) is 6.04 Å². The van der Waals surface area contributed by atoms with Crippen molar-refractivity contribution in [3.63, 3.8) is 0 Å². The predicted molar refractivity (Wildman–Crippen MR) is 142 cm³/mol. The van der Waals surface area contributed by atoms with Gasteiger partial charge in [0.15, 0.2) is 0 Å². The fourth-order valence-corrected chi connectivity index (χ4v) is 3.74. The molecule has 0 aliphatic carbocycles. The molecule has 1 aromatic rings. The number of amides is 4. The molecule has 0 spiro atoms. The Morgan fingerprint density at radius 3 is 2.05 bits per heavy atom. The number of nitrogens with two attached hydrogens (primary N) is 3. The second-order valence-corrected chi connectivity index (χ2v) is 9.42. The third-order valence-electron chi connectivity index (χ3n) is 6.31. The van der Waals surface area contributed by atoms with Crippen molar-refractivity contribution < 1.29 is 29.1 Å². The number of hydrogen-bond donors (Lipinski definition) is 7. The molecule has 1 rings (SSSR count). The van der Waals surface area contributed by atoms with Crippen LogP contribution >= 0.6 is 0 Å². The van der Waals surface area contributed by atoms with Gasteiger partial charge < -0.3 is 38.3 Å². The molecule has 0 fully saturated rings. The average Bonchev–Trinajstić information content (AvgIpc) is 2.88. The number of rotatable bonds is 18. The second kappa shape index (κ2) is 17.1. The van der Waals surface area contributed by atoms with Gasteiger partial charge in [-0.05, 0) is 37.3 Å². The maximum Gasteiger partial charge on any atom is 0.326 e. The predicted octanol–water partition coefficient (Wildman–Crippen LogP) is -0.464. The van der Waals surface area contributed by atoms with Gasteiger partial charge in [-0.1, -0.05) is 57.0 Å². The largest absolute Gasteiger partial charge is 0.480 e. The molecule has 12 heteroatoms. The molecule has 4 amide bonds. The van der Waals surface area contributed by atoms with E-state index in [4.69, 9.17) is 17.2 Å². The summed E-state index contributed by atoms with van der Waals surface area (Å²) in [5.74, 6) is -4.27. The molecular weight excluding hydrogens is 492 g/mol. The molecule has 5 unspecified atom stereocenters. The van der Waals surface area contributed by atoms with Gasteiger partial charge in [-0.25, -0.2) is 4.79 Å². The third kappa shape index (κ3) is 11.7. The molecule has 0 saturated heterocycles. The van der Waals surface area contributed by atoms with E-state index in [0.29, 0.717) is 32.2 Å². The molecule has 12 nitrogen and oxygen atoms in total. The van der Waals surface area contributed by atoms with Crippen LogP contribution in [0.2, 0.25) is 0 Å². The Morgan fingerprint density at radius 1 is 0.895 bits per heavy atom. The highest BCUT2D eigenvalue weighted by atomic mass is 16.4. The number of primary amides is 1. The van der Waals surface area contributed by atoms with Gasteiger partial charge in [-0.3, -0.25) is 19.2 Å². The first kappa shape index (κ1) is 32.5. The minimum absolute atomic E-state index is 0.114. The van der Waals surface area contributed by atoms with Gasteiger partial charge >= 0.3 is 5.97 Å². The Hall–Kier alpha value is -3.51. The number of carboxylic acids is 1. The van der Waals surface area contributed by atoms with Crippen LogP contribution in [0.3, 0.4) is 0 Å². The molecule has 0 aromatic heterocycles. The number of hydrogen-bond acceptors (Lipinski definition) is 7. The van der Waals surface area contributed by atoms with E-state index in [2.05, 4.69) is 16.0 Å².